The van der Waals surface area contributed by atoms with Gasteiger partial charge < -0.3 is 15.2 Å². The second kappa shape index (κ2) is 11.9. The quantitative estimate of drug-likeness (QED) is 0.256. The molecule has 162 valence electrons. The Morgan fingerprint density at radius 3 is 2.60 bits per heavy atom. The van der Waals surface area contributed by atoms with E-state index in [1.54, 1.807) is 13.2 Å². The summed E-state index contributed by atoms with van der Waals surface area (Å²) in [5.41, 5.74) is 1.10. The molecule has 8 nitrogen and oxygen atoms in total. The van der Waals surface area contributed by atoms with Crippen molar-refractivity contribution in [3.63, 3.8) is 0 Å². The molecule has 0 saturated heterocycles. The van der Waals surface area contributed by atoms with Crippen LogP contribution in [0.2, 0.25) is 5.02 Å². The highest BCUT2D eigenvalue weighted by Gasteiger charge is 2.15. The van der Waals surface area contributed by atoms with Gasteiger partial charge in [0.25, 0.3) is 0 Å². The summed E-state index contributed by atoms with van der Waals surface area (Å²) in [7, 11) is 1.74. The summed E-state index contributed by atoms with van der Waals surface area (Å²) in [6, 6.07) is 9.70. The molecule has 0 aliphatic rings. The van der Waals surface area contributed by atoms with E-state index in [0.29, 0.717) is 36.4 Å². The molecule has 2 heterocycles. The zero-order chi connectivity index (χ0) is 20.6. The largest absolute Gasteiger partial charge is 0.356 e. The first-order chi connectivity index (χ1) is 14.1. The highest BCUT2D eigenvalue weighted by atomic mass is 127. The van der Waals surface area contributed by atoms with Crippen molar-refractivity contribution in [1.29, 1.82) is 0 Å². The predicted molar refractivity (Wildman–Crippen MR) is 129 cm³/mol. The number of rotatable bonds is 8. The maximum Gasteiger partial charge on any atom is 0.228 e. The van der Waals surface area contributed by atoms with Crippen molar-refractivity contribution in [2.24, 2.45) is 4.99 Å². The van der Waals surface area contributed by atoms with Crippen LogP contribution in [-0.2, 0) is 6.42 Å². The molecule has 2 N–H and O–H groups in total. The standard InChI is InChI=1S/C20H26ClN7O.HI/c1-14(2)19-26-18(29-27-19)9-11-23-20(22-3)24-13-17(28-12-4-10-25-28)15-5-7-16(21)8-6-15;/h4-8,10,12,14,17H,9,11,13H2,1-3H3,(H2,22,23,24);1H. The molecule has 1 unspecified atom stereocenters. The lowest BCUT2D eigenvalue weighted by Gasteiger charge is -2.20. The summed E-state index contributed by atoms with van der Waals surface area (Å²) in [6.07, 6.45) is 4.34. The lowest BCUT2D eigenvalue weighted by molar-refractivity contribution is 0.371. The maximum absolute atomic E-state index is 6.03. The first kappa shape index (κ1) is 24.1. The molecular weight excluding hydrogens is 517 g/mol. The van der Waals surface area contributed by atoms with E-state index < -0.39 is 0 Å². The minimum atomic E-state index is 0. The van der Waals surface area contributed by atoms with Gasteiger partial charge in [-0.15, -0.1) is 24.0 Å². The molecule has 0 bridgehead atoms. The molecule has 0 aliphatic carbocycles. The van der Waals surface area contributed by atoms with Crippen LogP contribution in [0.3, 0.4) is 0 Å². The average molecular weight is 544 g/mol. The van der Waals surface area contributed by atoms with E-state index in [1.807, 2.05) is 55.1 Å². The second-order valence-electron chi connectivity index (χ2n) is 6.88. The fraction of sp³-hybridized carbons (Fsp3) is 0.400. The van der Waals surface area contributed by atoms with Crippen LogP contribution in [0.5, 0.6) is 0 Å². The molecule has 0 radical (unpaired) electrons. The molecule has 2 aromatic heterocycles. The molecule has 30 heavy (non-hydrogen) atoms. The fourth-order valence-electron chi connectivity index (χ4n) is 2.82. The molecule has 10 heteroatoms. The van der Waals surface area contributed by atoms with Crippen LogP contribution in [-0.4, -0.2) is 46.0 Å². The third-order valence-corrected chi connectivity index (χ3v) is 4.67. The van der Waals surface area contributed by atoms with Crippen LogP contribution in [0.15, 0.2) is 52.2 Å². The molecule has 3 rings (SSSR count). The van der Waals surface area contributed by atoms with E-state index in [4.69, 9.17) is 16.1 Å². The van der Waals surface area contributed by atoms with E-state index in [1.165, 1.54) is 0 Å². The van der Waals surface area contributed by atoms with Gasteiger partial charge in [0.2, 0.25) is 5.89 Å². The van der Waals surface area contributed by atoms with Gasteiger partial charge in [0.15, 0.2) is 11.8 Å². The normalized spacial score (nSPS) is 12.5. The molecule has 1 atom stereocenters. The number of benzene rings is 1. The Bertz CT molecular complexity index is 910. The van der Waals surface area contributed by atoms with Crippen LogP contribution < -0.4 is 10.6 Å². The Hall–Kier alpha value is -2.14. The van der Waals surface area contributed by atoms with Crippen LogP contribution >= 0.6 is 35.6 Å². The fourth-order valence-corrected chi connectivity index (χ4v) is 2.95. The maximum atomic E-state index is 6.03. The monoisotopic (exact) mass is 543 g/mol. The van der Waals surface area contributed by atoms with Crippen molar-refractivity contribution in [3.05, 3.63) is 65.0 Å². The molecule has 0 amide bonds. The third kappa shape index (κ3) is 6.69. The Balaban J connectivity index is 0.00000320. The van der Waals surface area contributed by atoms with Gasteiger partial charge in [0.05, 0.1) is 6.04 Å². The molecule has 0 saturated carbocycles. The van der Waals surface area contributed by atoms with Gasteiger partial charge in [0, 0.05) is 49.9 Å². The SMILES string of the molecule is CN=C(NCCc1nc(C(C)C)no1)NCC(c1ccc(Cl)cc1)n1cccn1.I. The van der Waals surface area contributed by atoms with Crippen LogP contribution in [0, 0.1) is 0 Å². The molecule has 0 spiro atoms. The van der Waals surface area contributed by atoms with Crippen molar-refractivity contribution in [2.45, 2.75) is 32.2 Å². The van der Waals surface area contributed by atoms with Crippen molar-refractivity contribution in [2.75, 3.05) is 20.1 Å². The summed E-state index contributed by atoms with van der Waals surface area (Å²) < 4.78 is 7.18. The van der Waals surface area contributed by atoms with Gasteiger partial charge >= 0.3 is 0 Å². The van der Waals surface area contributed by atoms with Crippen LogP contribution in [0.4, 0.5) is 0 Å². The summed E-state index contributed by atoms with van der Waals surface area (Å²) in [5.74, 6) is 2.29. The van der Waals surface area contributed by atoms with E-state index in [0.717, 1.165) is 11.4 Å². The Kier molecular flexibility index (Phi) is 9.57. The van der Waals surface area contributed by atoms with Crippen molar-refractivity contribution in [1.82, 2.24) is 30.6 Å². The van der Waals surface area contributed by atoms with E-state index in [9.17, 15) is 0 Å². The number of hydrogen-bond acceptors (Lipinski definition) is 5. The lowest BCUT2D eigenvalue weighted by atomic mass is 10.1. The number of halogens is 2. The van der Waals surface area contributed by atoms with Gasteiger partial charge in [-0.25, -0.2) is 0 Å². The molecular formula is C20H27ClIN7O. The minimum Gasteiger partial charge on any atom is -0.356 e. The molecule has 3 aromatic rings. The highest BCUT2D eigenvalue weighted by molar-refractivity contribution is 14.0. The number of hydrogen-bond donors (Lipinski definition) is 2. The zero-order valence-corrected chi connectivity index (χ0v) is 20.3. The summed E-state index contributed by atoms with van der Waals surface area (Å²) in [5, 5.41) is 15.7. The van der Waals surface area contributed by atoms with Gasteiger partial charge in [-0.05, 0) is 23.8 Å². The zero-order valence-electron chi connectivity index (χ0n) is 17.2. The minimum absolute atomic E-state index is 0. The van der Waals surface area contributed by atoms with E-state index >= 15 is 0 Å². The number of guanidine groups is 1. The summed E-state index contributed by atoms with van der Waals surface area (Å²) >= 11 is 6.03. The van der Waals surface area contributed by atoms with E-state index in [-0.39, 0.29) is 35.9 Å². The van der Waals surface area contributed by atoms with Gasteiger partial charge in [0.1, 0.15) is 0 Å². The van der Waals surface area contributed by atoms with Crippen LogP contribution in [0.25, 0.3) is 0 Å². The van der Waals surface area contributed by atoms with Crippen molar-refractivity contribution in [3.8, 4) is 0 Å². The second-order valence-corrected chi connectivity index (χ2v) is 7.32. The van der Waals surface area contributed by atoms with Crippen LogP contribution in [0.1, 0.15) is 43.1 Å². The number of aliphatic imine (C=N–C) groups is 1. The molecule has 1 aromatic carbocycles. The Morgan fingerprint density at radius 1 is 1.23 bits per heavy atom. The first-order valence-electron chi connectivity index (χ1n) is 9.58. The lowest BCUT2D eigenvalue weighted by Crippen LogP contribution is -2.41. The number of nitrogens with one attached hydrogen (secondary N) is 2. The van der Waals surface area contributed by atoms with Gasteiger partial charge in [-0.2, -0.15) is 10.1 Å². The first-order valence-corrected chi connectivity index (χ1v) is 9.96. The number of aromatic nitrogens is 4. The highest BCUT2D eigenvalue weighted by Crippen LogP contribution is 2.19. The van der Waals surface area contributed by atoms with Gasteiger partial charge in [-0.3, -0.25) is 9.67 Å². The predicted octanol–water partition coefficient (Wildman–Crippen LogP) is 3.66. The molecule has 0 fully saturated rings. The smallest absolute Gasteiger partial charge is 0.228 e. The Labute approximate surface area is 198 Å². The topological polar surface area (TPSA) is 93.2 Å². The van der Waals surface area contributed by atoms with Crippen molar-refractivity contribution >= 4 is 41.5 Å². The third-order valence-electron chi connectivity index (χ3n) is 4.42. The van der Waals surface area contributed by atoms with Crippen molar-refractivity contribution < 1.29 is 4.52 Å². The number of nitrogens with zero attached hydrogens (tertiary/aromatic N) is 5. The summed E-state index contributed by atoms with van der Waals surface area (Å²) in [4.78, 5) is 8.68. The summed E-state index contributed by atoms with van der Waals surface area (Å²) in [6.45, 7) is 5.32. The average Bonchev–Trinajstić information content (AvgIpc) is 3.40. The molecule has 0 aliphatic heterocycles. The Morgan fingerprint density at radius 2 is 2.00 bits per heavy atom. The van der Waals surface area contributed by atoms with E-state index in [2.05, 4.69) is 30.9 Å². The van der Waals surface area contributed by atoms with Gasteiger partial charge in [-0.1, -0.05) is 42.7 Å².